The molecule has 0 radical (unpaired) electrons. The summed E-state index contributed by atoms with van der Waals surface area (Å²) in [5, 5.41) is 9.21. The number of ether oxygens (including phenoxy) is 2. The molecule has 0 fully saturated rings. The van der Waals surface area contributed by atoms with Crippen molar-refractivity contribution in [2.75, 3.05) is 6.61 Å². The molecule has 0 atom stereocenters. The molecule has 2 aromatic rings. The van der Waals surface area contributed by atoms with E-state index in [1.807, 2.05) is 32.0 Å². The quantitative estimate of drug-likeness (QED) is 0.436. The van der Waals surface area contributed by atoms with E-state index in [1.165, 1.54) is 18.2 Å². The Morgan fingerprint density at radius 1 is 1.23 bits per heavy atom. The first kappa shape index (κ1) is 19.2. The molecule has 0 N–H and O–H groups in total. The fraction of sp³-hybridized carbons (Fsp3) is 0.238. The Morgan fingerprint density at radius 2 is 1.92 bits per heavy atom. The number of esters is 1. The lowest BCUT2D eigenvalue weighted by Crippen LogP contribution is -2.06. The van der Waals surface area contributed by atoms with Gasteiger partial charge in [-0.05, 0) is 67.8 Å². The number of aryl methyl sites for hydroxylation is 1. The zero-order chi connectivity index (χ0) is 19.1. The maximum atomic E-state index is 13.0. The molecule has 5 heteroatoms. The molecule has 134 valence electrons. The van der Waals surface area contributed by atoms with Gasteiger partial charge in [-0.1, -0.05) is 17.7 Å². The lowest BCUT2D eigenvalue weighted by molar-refractivity contribution is -0.137. The highest BCUT2D eigenvalue weighted by atomic mass is 19.1. The summed E-state index contributed by atoms with van der Waals surface area (Å²) in [6, 6.07) is 11.6. The standard InChI is InChI=1S/C21H20FNO3/c1-4-25-21(24)17(12-23)11-16-9-14(2)10-18(15(16)3)13-26-20-7-5-19(22)6-8-20/h5-11H,4,13H2,1-3H3/b17-11+. The van der Waals surface area contributed by atoms with Crippen LogP contribution in [0.25, 0.3) is 6.08 Å². The molecular weight excluding hydrogens is 333 g/mol. The first-order valence-corrected chi connectivity index (χ1v) is 8.22. The van der Waals surface area contributed by atoms with Gasteiger partial charge in [-0.15, -0.1) is 0 Å². The smallest absolute Gasteiger partial charge is 0.348 e. The Balaban J connectivity index is 2.28. The first-order chi connectivity index (χ1) is 12.4. The SMILES string of the molecule is CCOC(=O)/C(C#N)=C/c1cc(C)cc(COc2ccc(F)cc2)c1C. The van der Waals surface area contributed by atoms with Crippen LogP contribution in [0.4, 0.5) is 4.39 Å². The predicted octanol–water partition coefficient (Wildman–Crippen LogP) is 4.49. The molecule has 0 aromatic heterocycles. The van der Waals surface area contributed by atoms with Crippen LogP contribution in [0.1, 0.15) is 29.2 Å². The molecule has 0 unspecified atom stereocenters. The van der Waals surface area contributed by atoms with Crippen LogP contribution in [0.15, 0.2) is 42.0 Å². The van der Waals surface area contributed by atoms with Crippen LogP contribution in [0, 0.1) is 31.0 Å². The normalized spacial score (nSPS) is 11.0. The number of hydrogen-bond donors (Lipinski definition) is 0. The summed E-state index contributed by atoms with van der Waals surface area (Å²) in [5.41, 5.74) is 3.50. The third kappa shape index (κ3) is 4.93. The monoisotopic (exact) mass is 353 g/mol. The van der Waals surface area contributed by atoms with Gasteiger partial charge >= 0.3 is 5.97 Å². The topological polar surface area (TPSA) is 59.3 Å². The maximum absolute atomic E-state index is 13.0. The molecule has 0 amide bonds. The summed E-state index contributed by atoms with van der Waals surface area (Å²) in [6.07, 6.45) is 1.53. The lowest BCUT2D eigenvalue weighted by Gasteiger charge is -2.13. The van der Waals surface area contributed by atoms with E-state index in [1.54, 1.807) is 19.1 Å². The Kier molecular flexibility index (Phi) is 6.51. The van der Waals surface area contributed by atoms with Gasteiger partial charge in [0.05, 0.1) is 6.61 Å². The molecule has 2 rings (SSSR count). The van der Waals surface area contributed by atoms with Gasteiger partial charge in [0.2, 0.25) is 0 Å². The third-order valence-corrected chi connectivity index (χ3v) is 3.82. The van der Waals surface area contributed by atoms with Crippen molar-refractivity contribution in [3.05, 3.63) is 70.0 Å². The number of nitriles is 1. The molecule has 2 aromatic carbocycles. The van der Waals surface area contributed by atoms with Crippen molar-refractivity contribution in [3.63, 3.8) is 0 Å². The summed E-state index contributed by atoms with van der Waals surface area (Å²) >= 11 is 0. The van der Waals surface area contributed by atoms with Crippen molar-refractivity contribution >= 4 is 12.0 Å². The number of nitrogens with zero attached hydrogens (tertiary/aromatic N) is 1. The van der Waals surface area contributed by atoms with Crippen LogP contribution >= 0.6 is 0 Å². The highest BCUT2D eigenvalue weighted by molar-refractivity contribution is 5.98. The second kappa shape index (κ2) is 8.82. The van der Waals surface area contributed by atoms with Crippen LogP contribution in [-0.2, 0) is 16.1 Å². The number of halogens is 1. The fourth-order valence-electron chi connectivity index (χ4n) is 2.46. The fourth-order valence-corrected chi connectivity index (χ4v) is 2.46. The van der Waals surface area contributed by atoms with E-state index >= 15 is 0 Å². The number of benzene rings is 2. The van der Waals surface area contributed by atoms with E-state index in [0.29, 0.717) is 12.4 Å². The average Bonchev–Trinajstić information content (AvgIpc) is 2.62. The molecule has 0 aliphatic rings. The van der Waals surface area contributed by atoms with E-state index in [4.69, 9.17) is 9.47 Å². The van der Waals surface area contributed by atoms with E-state index in [-0.39, 0.29) is 18.0 Å². The van der Waals surface area contributed by atoms with Gasteiger partial charge in [0.25, 0.3) is 0 Å². The predicted molar refractivity (Wildman–Crippen MR) is 96.9 cm³/mol. The Bertz CT molecular complexity index is 864. The molecular formula is C21H20FNO3. The summed E-state index contributed by atoms with van der Waals surface area (Å²) in [6.45, 7) is 6.02. The van der Waals surface area contributed by atoms with Crippen LogP contribution < -0.4 is 4.74 Å². The van der Waals surface area contributed by atoms with Crippen LogP contribution in [-0.4, -0.2) is 12.6 Å². The number of carbonyl (C=O) groups is 1. The van der Waals surface area contributed by atoms with Gasteiger partial charge in [-0.25, -0.2) is 9.18 Å². The summed E-state index contributed by atoms with van der Waals surface area (Å²) in [5.74, 6) is -0.395. The largest absolute Gasteiger partial charge is 0.489 e. The van der Waals surface area contributed by atoms with Crippen molar-refractivity contribution in [2.24, 2.45) is 0 Å². The van der Waals surface area contributed by atoms with Gasteiger partial charge < -0.3 is 9.47 Å². The zero-order valence-electron chi connectivity index (χ0n) is 15.0. The van der Waals surface area contributed by atoms with Gasteiger partial charge in [0, 0.05) is 0 Å². The van der Waals surface area contributed by atoms with Gasteiger partial charge in [0.15, 0.2) is 0 Å². The van der Waals surface area contributed by atoms with Crippen molar-refractivity contribution in [1.82, 2.24) is 0 Å². The second-order valence-electron chi connectivity index (χ2n) is 5.77. The van der Waals surface area contributed by atoms with Crippen molar-refractivity contribution in [1.29, 1.82) is 5.26 Å². The minimum Gasteiger partial charge on any atom is -0.489 e. The number of carbonyl (C=O) groups excluding carboxylic acids is 1. The van der Waals surface area contributed by atoms with E-state index in [0.717, 1.165) is 22.3 Å². The Labute approximate surface area is 152 Å². The van der Waals surface area contributed by atoms with Crippen molar-refractivity contribution in [2.45, 2.75) is 27.4 Å². The number of hydrogen-bond acceptors (Lipinski definition) is 4. The summed E-state index contributed by atoms with van der Waals surface area (Å²) < 4.78 is 23.6. The Hall–Kier alpha value is -3.13. The average molecular weight is 353 g/mol. The molecule has 4 nitrogen and oxygen atoms in total. The van der Waals surface area contributed by atoms with E-state index in [9.17, 15) is 14.4 Å². The van der Waals surface area contributed by atoms with E-state index < -0.39 is 5.97 Å². The van der Waals surface area contributed by atoms with Gasteiger partial charge in [0.1, 0.15) is 29.8 Å². The van der Waals surface area contributed by atoms with Gasteiger partial charge in [-0.2, -0.15) is 5.26 Å². The summed E-state index contributed by atoms with van der Waals surface area (Å²) in [7, 11) is 0. The van der Waals surface area contributed by atoms with Crippen LogP contribution in [0.5, 0.6) is 5.75 Å². The van der Waals surface area contributed by atoms with Gasteiger partial charge in [-0.3, -0.25) is 0 Å². The highest BCUT2D eigenvalue weighted by Gasteiger charge is 2.12. The molecule has 0 saturated carbocycles. The maximum Gasteiger partial charge on any atom is 0.348 e. The zero-order valence-corrected chi connectivity index (χ0v) is 15.0. The highest BCUT2D eigenvalue weighted by Crippen LogP contribution is 2.22. The second-order valence-corrected chi connectivity index (χ2v) is 5.77. The molecule has 0 heterocycles. The lowest BCUT2D eigenvalue weighted by atomic mass is 9.98. The molecule has 0 bridgehead atoms. The molecule has 0 saturated heterocycles. The molecule has 0 spiro atoms. The van der Waals surface area contributed by atoms with Crippen molar-refractivity contribution < 1.29 is 18.7 Å². The van der Waals surface area contributed by atoms with Crippen LogP contribution in [0.3, 0.4) is 0 Å². The minimum absolute atomic E-state index is 0.0500. The van der Waals surface area contributed by atoms with Crippen LogP contribution in [0.2, 0.25) is 0 Å². The Morgan fingerprint density at radius 3 is 2.54 bits per heavy atom. The minimum atomic E-state index is -0.639. The van der Waals surface area contributed by atoms with Crippen molar-refractivity contribution in [3.8, 4) is 11.8 Å². The first-order valence-electron chi connectivity index (χ1n) is 8.22. The molecule has 0 aliphatic heterocycles. The molecule has 0 aliphatic carbocycles. The third-order valence-electron chi connectivity index (χ3n) is 3.82. The summed E-state index contributed by atoms with van der Waals surface area (Å²) in [4.78, 5) is 11.8. The number of rotatable bonds is 6. The van der Waals surface area contributed by atoms with E-state index in [2.05, 4.69) is 0 Å². The molecule has 26 heavy (non-hydrogen) atoms.